The fourth-order valence-corrected chi connectivity index (χ4v) is 11.1. The maximum absolute atomic E-state index is 13.0. The van der Waals surface area contributed by atoms with E-state index in [1.54, 1.807) is 0 Å². The molecule has 0 aliphatic heterocycles. The zero-order chi connectivity index (χ0) is 63.3. The predicted molar refractivity (Wildman–Crippen MR) is 373 cm³/mol. The summed E-state index contributed by atoms with van der Waals surface area (Å²) in [4.78, 5) is 37.7. The lowest BCUT2D eigenvalue weighted by molar-refractivity contribution is -0.870. The zero-order valence-corrected chi connectivity index (χ0v) is 58.2. The molecule has 2 atom stereocenters. The van der Waals surface area contributed by atoms with Crippen LogP contribution in [0.2, 0.25) is 0 Å². The molecule has 0 amide bonds. The minimum atomic E-state index is -1.51. The van der Waals surface area contributed by atoms with E-state index in [9.17, 15) is 19.5 Å². The zero-order valence-electron chi connectivity index (χ0n) is 58.2. The summed E-state index contributed by atoms with van der Waals surface area (Å²) in [5.74, 6) is -1.98. The van der Waals surface area contributed by atoms with Gasteiger partial charge < -0.3 is 28.5 Å². The Kier molecular flexibility index (Phi) is 66.5. The van der Waals surface area contributed by atoms with Gasteiger partial charge in [-0.15, -0.1) is 0 Å². The molecule has 2 unspecified atom stereocenters. The highest BCUT2D eigenvalue weighted by Crippen LogP contribution is 2.19. The molecule has 0 aliphatic carbocycles. The van der Waals surface area contributed by atoms with Crippen LogP contribution in [0.15, 0.2) is 60.8 Å². The van der Waals surface area contributed by atoms with Crippen LogP contribution >= 0.6 is 0 Å². The monoisotopic (exact) mass is 1220 g/mol. The molecule has 0 bridgehead atoms. The normalized spacial score (nSPS) is 13.0. The molecule has 0 aliphatic rings. The van der Waals surface area contributed by atoms with Gasteiger partial charge in [0.25, 0.3) is 6.29 Å². The number of allylic oxidation sites excluding steroid dienone is 10. The second-order valence-electron chi connectivity index (χ2n) is 26.6. The Bertz CT molecular complexity index is 1610. The third-order valence-corrected chi connectivity index (χ3v) is 16.8. The van der Waals surface area contributed by atoms with Crippen LogP contribution in [0.4, 0.5) is 0 Å². The number of aliphatic carboxylic acids is 1. The third kappa shape index (κ3) is 70.3. The smallest absolute Gasteiger partial charge is 0.361 e. The first-order chi connectivity index (χ1) is 42.6. The van der Waals surface area contributed by atoms with E-state index in [2.05, 4.69) is 74.6 Å². The highest BCUT2D eigenvalue weighted by Gasteiger charge is 2.25. The molecule has 0 fully saturated rings. The highest BCUT2D eigenvalue weighted by atomic mass is 16.7. The summed E-state index contributed by atoms with van der Waals surface area (Å²) in [5.41, 5.74) is 0. The van der Waals surface area contributed by atoms with E-state index in [1.165, 1.54) is 270 Å². The number of quaternary nitrogens is 1. The van der Waals surface area contributed by atoms with Crippen molar-refractivity contribution >= 4 is 17.9 Å². The first kappa shape index (κ1) is 84.0. The molecule has 0 spiro atoms. The lowest BCUT2D eigenvalue weighted by Gasteiger charge is -2.25. The van der Waals surface area contributed by atoms with E-state index in [4.69, 9.17) is 18.9 Å². The number of carboxylic acid groups (broad SMARTS) is 1. The van der Waals surface area contributed by atoms with Gasteiger partial charge in [-0.2, -0.15) is 0 Å². The van der Waals surface area contributed by atoms with Crippen LogP contribution < -0.4 is 0 Å². The maximum atomic E-state index is 13.0. The molecule has 87 heavy (non-hydrogen) atoms. The number of nitrogens with zero attached hydrogens (tertiary/aromatic N) is 1. The predicted octanol–water partition coefficient (Wildman–Crippen LogP) is 23.5. The lowest BCUT2D eigenvalue weighted by atomic mass is 10.0. The number of carbonyl (C=O) groups excluding carboxylic acids is 2. The first-order valence-electron chi connectivity index (χ1n) is 37.5. The van der Waals surface area contributed by atoms with Gasteiger partial charge in [0.2, 0.25) is 0 Å². The SMILES string of the molecule is CC/C=C\C/C=C\C/C=C\C/C=C\CCCCCCCCCCCCCCCCC(=O)OC(COC(=O)CCCCCCCCCCCCCCCCCCCCCCCCC/C=C\CCCCCCCCCC)COC(OCC[N+](C)(C)C)C(=O)O. The molecular weight excluding hydrogens is 1080 g/mol. The lowest BCUT2D eigenvalue weighted by Crippen LogP contribution is -2.40. The first-order valence-corrected chi connectivity index (χ1v) is 37.5. The molecule has 0 aromatic rings. The van der Waals surface area contributed by atoms with Crippen molar-refractivity contribution in [2.45, 2.75) is 373 Å². The van der Waals surface area contributed by atoms with Gasteiger partial charge in [-0.05, 0) is 77.0 Å². The Morgan fingerprint density at radius 2 is 0.655 bits per heavy atom. The Morgan fingerprint density at radius 3 is 0.989 bits per heavy atom. The Balaban J connectivity index is 4.01. The average Bonchev–Trinajstić information content (AvgIpc) is 3.56. The topological polar surface area (TPSA) is 108 Å². The molecule has 0 heterocycles. The van der Waals surface area contributed by atoms with Gasteiger partial charge in [0.15, 0.2) is 6.10 Å². The minimum absolute atomic E-state index is 0.179. The van der Waals surface area contributed by atoms with Crippen LogP contribution in [0.1, 0.15) is 361 Å². The van der Waals surface area contributed by atoms with Crippen molar-refractivity contribution in [2.24, 2.45) is 0 Å². The van der Waals surface area contributed by atoms with Crippen LogP contribution in [0.5, 0.6) is 0 Å². The molecule has 0 aromatic carbocycles. The number of hydrogen-bond acceptors (Lipinski definition) is 7. The van der Waals surface area contributed by atoms with Crippen LogP contribution in [-0.4, -0.2) is 87.4 Å². The van der Waals surface area contributed by atoms with E-state index < -0.39 is 18.4 Å². The summed E-state index contributed by atoms with van der Waals surface area (Å²) in [6.07, 6.45) is 87.9. The number of carbonyl (C=O) groups is 3. The van der Waals surface area contributed by atoms with E-state index in [0.29, 0.717) is 17.4 Å². The van der Waals surface area contributed by atoms with Gasteiger partial charge in [-0.3, -0.25) is 9.59 Å². The summed E-state index contributed by atoms with van der Waals surface area (Å²) in [6.45, 7) is 4.82. The fourth-order valence-electron chi connectivity index (χ4n) is 11.1. The Labute approximate surface area is 539 Å². The fraction of sp³-hybridized carbons (Fsp3) is 0.833. The van der Waals surface area contributed by atoms with Crippen LogP contribution in [-0.2, 0) is 33.3 Å². The quantitative estimate of drug-likeness (QED) is 0.0211. The second kappa shape index (κ2) is 68.9. The molecule has 0 rings (SSSR count). The second-order valence-corrected chi connectivity index (χ2v) is 26.6. The van der Waals surface area contributed by atoms with Crippen molar-refractivity contribution in [3.05, 3.63) is 60.8 Å². The van der Waals surface area contributed by atoms with E-state index in [1.807, 2.05) is 21.1 Å². The molecule has 0 radical (unpaired) electrons. The summed E-state index contributed by atoms with van der Waals surface area (Å²) in [5, 5.41) is 9.76. The Hall–Kier alpha value is -3.01. The van der Waals surface area contributed by atoms with Crippen molar-refractivity contribution in [3.63, 3.8) is 0 Å². The van der Waals surface area contributed by atoms with Crippen LogP contribution in [0, 0.1) is 0 Å². The van der Waals surface area contributed by atoms with Gasteiger partial charge in [-0.1, -0.05) is 331 Å². The largest absolute Gasteiger partial charge is 0.477 e. The summed E-state index contributed by atoms with van der Waals surface area (Å²) >= 11 is 0. The van der Waals surface area contributed by atoms with Gasteiger partial charge in [0.1, 0.15) is 13.2 Å². The van der Waals surface area contributed by atoms with Gasteiger partial charge in [-0.25, -0.2) is 4.79 Å². The molecule has 0 saturated heterocycles. The number of unbranched alkanes of at least 4 members (excludes halogenated alkanes) is 45. The molecule has 1 N–H and O–H groups in total. The number of esters is 2. The summed E-state index contributed by atoms with van der Waals surface area (Å²) < 4.78 is 23.0. The Morgan fingerprint density at radius 1 is 0.356 bits per heavy atom. The van der Waals surface area contributed by atoms with Crippen molar-refractivity contribution in [1.29, 1.82) is 0 Å². The van der Waals surface area contributed by atoms with Gasteiger partial charge >= 0.3 is 17.9 Å². The van der Waals surface area contributed by atoms with Crippen LogP contribution in [0.3, 0.4) is 0 Å². The van der Waals surface area contributed by atoms with Gasteiger partial charge in [0.05, 0.1) is 34.4 Å². The number of likely N-dealkylation sites (N-methyl/N-ethyl adjacent to an activating group) is 1. The standard InChI is InChI=1S/C78H143NO8/c1-6-8-10-12-14-16-18-20-22-24-26-28-30-32-34-35-36-37-38-39-40-41-43-44-46-48-50-52-54-56-58-60-62-64-66-68-75(80)85-72-74(73-86-78(77(82)83)84-71-70-79(3,4)5)87-76(81)69-67-65-63-61-59-57-55-53-51-49-47-45-42-33-31-29-27-25-23-21-19-17-15-13-11-9-7-2/h9,11,15,17,21,23-24,26-27,29,74,78H,6-8,10,12-14,16,18-20,22,25,28,30-73H2,1-5H3/p+1/b11-9-,17-15-,23-21-,26-24-,29-27-. The van der Waals surface area contributed by atoms with E-state index >= 15 is 0 Å². The average molecular weight is 1220 g/mol. The van der Waals surface area contributed by atoms with Gasteiger partial charge in [0, 0.05) is 12.8 Å². The van der Waals surface area contributed by atoms with Crippen molar-refractivity contribution in [3.8, 4) is 0 Å². The molecule has 9 heteroatoms. The van der Waals surface area contributed by atoms with Crippen molar-refractivity contribution in [1.82, 2.24) is 0 Å². The molecule has 9 nitrogen and oxygen atoms in total. The molecule has 0 saturated carbocycles. The number of carboxylic acids is 1. The number of ether oxygens (including phenoxy) is 4. The highest BCUT2D eigenvalue weighted by molar-refractivity contribution is 5.71. The molecule has 508 valence electrons. The number of rotatable bonds is 70. The third-order valence-electron chi connectivity index (χ3n) is 16.8. The van der Waals surface area contributed by atoms with Crippen molar-refractivity contribution in [2.75, 3.05) is 47.5 Å². The van der Waals surface area contributed by atoms with Crippen LogP contribution in [0.25, 0.3) is 0 Å². The molecular formula is C78H144NO8+. The minimum Gasteiger partial charge on any atom is -0.477 e. The number of hydrogen-bond donors (Lipinski definition) is 1. The summed E-state index contributed by atoms with van der Waals surface area (Å²) in [7, 11) is 5.99. The molecule has 0 aromatic heterocycles. The summed E-state index contributed by atoms with van der Waals surface area (Å²) in [6, 6.07) is 0. The van der Waals surface area contributed by atoms with E-state index in [-0.39, 0.29) is 38.2 Å². The maximum Gasteiger partial charge on any atom is 0.361 e. The van der Waals surface area contributed by atoms with E-state index in [0.717, 1.165) is 64.2 Å². The van der Waals surface area contributed by atoms with Crippen molar-refractivity contribution < 1.29 is 42.9 Å².